The Morgan fingerprint density at radius 3 is 2.45 bits per heavy atom. The molecule has 0 spiro atoms. The summed E-state index contributed by atoms with van der Waals surface area (Å²) in [6.07, 6.45) is 0.569. The lowest BCUT2D eigenvalue weighted by Crippen LogP contribution is -2.37. The van der Waals surface area contributed by atoms with E-state index in [2.05, 4.69) is 28.2 Å². The van der Waals surface area contributed by atoms with Gasteiger partial charge in [-0.3, -0.25) is 4.79 Å². The summed E-state index contributed by atoms with van der Waals surface area (Å²) in [4.78, 5) is 10.9. The number of nitrogens with one attached hydrogen (secondary N) is 1. The summed E-state index contributed by atoms with van der Waals surface area (Å²) in [6.45, 7) is 6.00. The highest BCUT2D eigenvalue weighted by atomic mass is 79.9. The number of hydrogen-bond acceptors (Lipinski definition) is 1. The van der Waals surface area contributed by atoms with Crippen LogP contribution < -0.4 is 5.32 Å². The first-order valence-corrected chi connectivity index (χ1v) is 5.09. The Bertz CT molecular complexity index is 127. The van der Waals surface area contributed by atoms with E-state index < -0.39 is 0 Å². The van der Waals surface area contributed by atoms with E-state index >= 15 is 0 Å². The van der Waals surface area contributed by atoms with Crippen molar-refractivity contribution in [2.24, 2.45) is 5.92 Å². The average Bonchev–Trinajstić information content (AvgIpc) is 2.02. The van der Waals surface area contributed by atoms with E-state index in [1.807, 2.05) is 13.8 Å². The zero-order valence-corrected chi connectivity index (χ0v) is 8.94. The molecule has 2 unspecified atom stereocenters. The molecule has 2 atom stereocenters. The van der Waals surface area contributed by atoms with E-state index in [1.165, 1.54) is 0 Å². The third-order valence-electron chi connectivity index (χ3n) is 1.81. The van der Waals surface area contributed by atoms with Gasteiger partial charge in [0.25, 0.3) is 0 Å². The van der Waals surface area contributed by atoms with Crippen LogP contribution in [0.3, 0.4) is 0 Å². The second-order valence-corrected chi connectivity index (χ2v) is 3.49. The van der Waals surface area contributed by atoms with E-state index in [9.17, 15) is 4.79 Å². The summed E-state index contributed by atoms with van der Waals surface area (Å²) in [5.74, 6) is 0.621. The fourth-order valence-electron chi connectivity index (χ4n) is 0.632. The molecule has 0 heterocycles. The lowest BCUT2D eigenvalue weighted by Gasteiger charge is -2.18. The van der Waals surface area contributed by atoms with Gasteiger partial charge in [0.1, 0.15) is 0 Å². The minimum absolute atomic E-state index is 0.130. The maximum absolute atomic E-state index is 10.9. The van der Waals surface area contributed by atoms with Gasteiger partial charge in [-0.05, 0) is 12.8 Å². The van der Waals surface area contributed by atoms with E-state index in [-0.39, 0.29) is 11.9 Å². The van der Waals surface area contributed by atoms with Gasteiger partial charge in [0.05, 0.1) is 0 Å². The van der Waals surface area contributed by atoms with Crippen LogP contribution in [0.5, 0.6) is 0 Å². The lowest BCUT2D eigenvalue weighted by atomic mass is 10.1. The molecule has 0 aliphatic carbocycles. The van der Waals surface area contributed by atoms with Crippen LogP contribution in [0.2, 0.25) is 0 Å². The van der Waals surface area contributed by atoms with Gasteiger partial charge in [-0.15, -0.1) is 0 Å². The molecule has 0 radical (unpaired) electrons. The number of amides is 1. The summed E-state index contributed by atoms with van der Waals surface area (Å²) in [7, 11) is 0. The predicted octanol–water partition coefficient (Wildman–Crippen LogP) is 1.93. The minimum atomic E-state index is 0.130. The summed E-state index contributed by atoms with van der Waals surface area (Å²) < 4.78 is 0. The van der Waals surface area contributed by atoms with Gasteiger partial charge < -0.3 is 5.32 Å². The Morgan fingerprint density at radius 2 is 2.09 bits per heavy atom. The van der Waals surface area contributed by atoms with E-state index in [0.717, 1.165) is 5.33 Å². The fraction of sp³-hybridized carbons (Fsp3) is 0.875. The molecule has 0 fully saturated rings. The van der Waals surface area contributed by atoms with Crippen LogP contribution in [0.15, 0.2) is 0 Å². The normalized spacial score (nSPS) is 15.6. The molecule has 0 aromatic heterocycles. The summed E-state index contributed by atoms with van der Waals surface area (Å²) >= 11 is 3.38. The molecule has 0 aromatic carbocycles. The van der Waals surface area contributed by atoms with Crippen molar-refractivity contribution in [3.8, 4) is 0 Å². The van der Waals surface area contributed by atoms with Crippen molar-refractivity contribution in [1.29, 1.82) is 0 Å². The average molecular weight is 222 g/mol. The maximum atomic E-state index is 10.9. The molecule has 2 nitrogen and oxygen atoms in total. The fourth-order valence-corrected chi connectivity index (χ4v) is 1.19. The smallest absolute Gasteiger partial charge is 0.219 e. The number of alkyl halides is 1. The predicted molar refractivity (Wildman–Crippen MR) is 50.9 cm³/mol. The molecule has 0 rings (SSSR count). The molecule has 0 aliphatic heterocycles. The molecule has 11 heavy (non-hydrogen) atoms. The molecule has 0 saturated heterocycles. The van der Waals surface area contributed by atoms with Crippen LogP contribution in [-0.2, 0) is 4.79 Å². The van der Waals surface area contributed by atoms with Gasteiger partial charge in [-0.25, -0.2) is 0 Å². The van der Waals surface area contributed by atoms with Gasteiger partial charge in [0, 0.05) is 17.8 Å². The highest BCUT2D eigenvalue weighted by Gasteiger charge is 2.11. The maximum Gasteiger partial charge on any atom is 0.219 e. The zero-order valence-electron chi connectivity index (χ0n) is 7.36. The molecule has 1 amide bonds. The number of rotatable bonds is 4. The van der Waals surface area contributed by atoms with Crippen molar-refractivity contribution in [3.63, 3.8) is 0 Å². The van der Waals surface area contributed by atoms with Gasteiger partial charge in [0.2, 0.25) is 5.91 Å². The second kappa shape index (κ2) is 5.58. The van der Waals surface area contributed by atoms with Crippen molar-refractivity contribution < 1.29 is 4.79 Å². The van der Waals surface area contributed by atoms with Crippen molar-refractivity contribution in [2.75, 3.05) is 5.33 Å². The summed E-state index contributed by atoms with van der Waals surface area (Å²) in [5.41, 5.74) is 0. The Kier molecular flexibility index (Phi) is 5.56. The third kappa shape index (κ3) is 4.40. The highest BCUT2D eigenvalue weighted by Crippen LogP contribution is 2.05. The molecular formula is C8H16BrNO. The monoisotopic (exact) mass is 221 g/mol. The molecule has 66 valence electrons. The van der Waals surface area contributed by atoms with Gasteiger partial charge in [-0.1, -0.05) is 29.8 Å². The zero-order chi connectivity index (χ0) is 8.85. The van der Waals surface area contributed by atoms with E-state index in [1.54, 1.807) is 0 Å². The lowest BCUT2D eigenvalue weighted by molar-refractivity contribution is -0.121. The van der Waals surface area contributed by atoms with E-state index in [0.29, 0.717) is 12.3 Å². The first-order chi connectivity index (χ1) is 5.11. The van der Waals surface area contributed by atoms with E-state index in [4.69, 9.17) is 0 Å². The Hall–Kier alpha value is -0.0500. The topological polar surface area (TPSA) is 29.1 Å². The Labute approximate surface area is 76.9 Å². The van der Waals surface area contributed by atoms with Crippen LogP contribution >= 0.6 is 15.9 Å². The summed E-state index contributed by atoms with van der Waals surface area (Å²) in [6, 6.07) is 0.266. The molecule has 0 saturated carbocycles. The van der Waals surface area contributed by atoms with Gasteiger partial charge >= 0.3 is 0 Å². The first kappa shape index (κ1) is 11.0. The molecule has 0 aromatic rings. The SMILES string of the molecule is CCC(=O)NC(C)C(C)CBr. The van der Waals surface area contributed by atoms with Crippen LogP contribution in [-0.4, -0.2) is 17.3 Å². The third-order valence-corrected chi connectivity index (χ3v) is 2.83. The molecule has 3 heteroatoms. The Balaban J connectivity index is 3.67. The quantitative estimate of drug-likeness (QED) is 0.723. The molecular weight excluding hydrogens is 206 g/mol. The van der Waals surface area contributed by atoms with Gasteiger partial charge in [-0.2, -0.15) is 0 Å². The van der Waals surface area contributed by atoms with Gasteiger partial charge in [0.15, 0.2) is 0 Å². The van der Waals surface area contributed by atoms with Crippen LogP contribution in [0.25, 0.3) is 0 Å². The standard InChI is InChI=1S/C8H16BrNO/c1-4-8(11)10-7(3)6(2)5-9/h6-7H,4-5H2,1-3H3,(H,10,11). The molecule has 0 bridgehead atoms. The minimum Gasteiger partial charge on any atom is -0.353 e. The van der Waals surface area contributed by atoms with Crippen molar-refractivity contribution in [2.45, 2.75) is 33.2 Å². The number of halogens is 1. The Morgan fingerprint density at radius 1 is 1.55 bits per heavy atom. The van der Waals surface area contributed by atoms with Crippen molar-refractivity contribution in [3.05, 3.63) is 0 Å². The number of hydrogen-bond donors (Lipinski definition) is 1. The largest absolute Gasteiger partial charge is 0.353 e. The second-order valence-electron chi connectivity index (χ2n) is 2.84. The van der Waals surface area contributed by atoms with Crippen molar-refractivity contribution in [1.82, 2.24) is 5.32 Å². The number of carbonyl (C=O) groups is 1. The number of carbonyl (C=O) groups excluding carboxylic acids is 1. The molecule has 0 aliphatic rings. The first-order valence-electron chi connectivity index (χ1n) is 3.97. The van der Waals surface area contributed by atoms with Crippen molar-refractivity contribution >= 4 is 21.8 Å². The molecule has 1 N–H and O–H groups in total. The summed E-state index contributed by atoms with van der Waals surface area (Å²) in [5, 5.41) is 3.84. The highest BCUT2D eigenvalue weighted by molar-refractivity contribution is 9.09. The van der Waals surface area contributed by atoms with Crippen LogP contribution in [0.4, 0.5) is 0 Å². The van der Waals surface area contributed by atoms with Crippen LogP contribution in [0, 0.1) is 5.92 Å². The van der Waals surface area contributed by atoms with Crippen LogP contribution in [0.1, 0.15) is 27.2 Å².